The highest BCUT2D eigenvalue weighted by Crippen LogP contribution is 2.26. The highest BCUT2D eigenvalue weighted by Gasteiger charge is 2.10. The second-order valence-electron chi connectivity index (χ2n) is 8.63. The highest BCUT2D eigenvalue weighted by atomic mass is 19.2. The molecule has 1 atom stereocenters. The van der Waals surface area contributed by atoms with Gasteiger partial charge in [-0.2, -0.15) is 0 Å². The third-order valence-electron chi connectivity index (χ3n) is 6.20. The second kappa shape index (κ2) is 10.5. The van der Waals surface area contributed by atoms with Crippen LogP contribution in [-0.4, -0.2) is 0 Å². The van der Waals surface area contributed by atoms with Crippen LogP contribution < -0.4 is 0 Å². The third kappa shape index (κ3) is 5.49. The lowest BCUT2D eigenvalue weighted by Gasteiger charge is -2.16. The fraction of sp³-hybridized carbons (Fsp3) is 0.226. The molecule has 0 saturated heterocycles. The van der Waals surface area contributed by atoms with Gasteiger partial charge in [0.05, 0.1) is 0 Å². The number of hydrogen-bond donors (Lipinski definition) is 0. The van der Waals surface area contributed by atoms with Crippen molar-refractivity contribution in [1.29, 1.82) is 0 Å². The molecular formula is C31H28F2. The minimum atomic E-state index is -0.880. The van der Waals surface area contributed by atoms with Gasteiger partial charge in [-0.25, -0.2) is 8.78 Å². The van der Waals surface area contributed by atoms with Crippen LogP contribution in [0.15, 0.2) is 78.9 Å². The molecule has 0 aliphatic heterocycles. The van der Waals surface area contributed by atoms with E-state index in [0.29, 0.717) is 11.5 Å². The van der Waals surface area contributed by atoms with Gasteiger partial charge < -0.3 is 0 Å². The van der Waals surface area contributed by atoms with Crippen molar-refractivity contribution in [3.63, 3.8) is 0 Å². The zero-order valence-corrected chi connectivity index (χ0v) is 19.2. The lowest BCUT2D eigenvalue weighted by atomic mass is 9.89. The molecule has 4 aromatic carbocycles. The number of fused-ring (bicyclic) bond motifs is 1. The Balaban J connectivity index is 1.55. The van der Waals surface area contributed by atoms with Gasteiger partial charge in [-0.3, -0.25) is 0 Å². The van der Waals surface area contributed by atoms with Crippen molar-refractivity contribution in [3.8, 4) is 11.8 Å². The lowest BCUT2D eigenvalue weighted by molar-refractivity contribution is 0.508. The largest absolute Gasteiger partial charge is 0.204 e. The van der Waals surface area contributed by atoms with E-state index in [9.17, 15) is 8.78 Å². The van der Waals surface area contributed by atoms with E-state index in [1.54, 1.807) is 0 Å². The molecule has 166 valence electrons. The van der Waals surface area contributed by atoms with Gasteiger partial charge in [0.25, 0.3) is 0 Å². The van der Waals surface area contributed by atoms with E-state index in [1.165, 1.54) is 35.6 Å². The van der Waals surface area contributed by atoms with Crippen molar-refractivity contribution in [1.82, 2.24) is 0 Å². The minimum absolute atomic E-state index is 0.457. The first-order chi connectivity index (χ1) is 16.0. The zero-order chi connectivity index (χ0) is 23.2. The molecule has 0 heterocycles. The molecule has 0 bridgehead atoms. The van der Waals surface area contributed by atoms with Crippen LogP contribution in [-0.2, 0) is 12.8 Å². The molecule has 0 amide bonds. The zero-order valence-electron chi connectivity index (χ0n) is 19.2. The summed E-state index contributed by atoms with van der Waals surface area (Å²) in [5.74, 6) is 4.92. The number of aryl methyl sites for hydroxylation is 2. The van der Waals surface area contributed by atoms with Crippen molar-refractivity contribution in [2.24, 2.45) is 0 Å². The minimum Gasteiger partial charge on any atom is -0.204 e. The van der Waals surface area contributed by atoms with Crippen LogP contribution in [0.2, 0.25) is 0 Å². The standard InChI is InChI=1S/C31H28F2/c1-3-7-22(2)28-11-5-4-8-25(28)16-12-23-14-18-29-26(9-6-10-27(29)20-23)17-13-24-15-19-30(32)31(33)21-24/h4-6,8-11,14-15,18-22H,3,7,12,16H2,1-2H3. The monoisotopic (exact) mass is 438 g/mol. The van der Waals surface area contributed by atoms with Crippen molar-refractivity contribution in [2.75, 3.05) is 0 Å². The topological polar surface area (TPSA) is 0 Å². The van der Waals surface area contributed by atoms with Crippen molar-refractivity contribution < 1.29 is 8.78 Å². The van der Waals surface area contributed by atoms with E-state index < -0.39 is 11.6 Å². The second-order valence-corrected chi connectivity index (χ2v) is 8.63. The first-order valence-corrected chi connectivity index (χ1v) is 11.6. The van der Waals surface area contributed by atoms with Gasteiger partial charge in [-0.15, -0.1) is 0 Å². The molecule has 0 N–H and O–H groups in total. The Kier molecular flexibility index (Phi) is 7.20. The Labute approximate surface area is 195 Å². The molecule has 4 aromatic rings. The van der Waals surface area contributed by atoms with Gasteiger partial charge >= 0.3 is 0 Å². The molecule has 0 spiro atoms. The van der Waals surface area contributed by atoms with E-state index in [0.717, 1.165) is 41.3 Å². The predicted molar refractivity (Wildman–Crippen MR) is 133 cm³/mol. The normalized spacial score (nSPS) is 11.8. The summed E-state index contributed by atoms with van der Waals surface area (Å²) in [6.07, 6.45) is 4.41. The van der Waals surface area contributed by atoms with E-state index >= 15 is 0 Å². The third-order valence-corrected chi connectivity index (χ3v) is 6.20. The molecule has 0 aliphatic carbocycles. The van der Waals surface area contributed by atoms with Crippen molar-refractivity contribution in [3.05, 3.63) is 118 Å². The van der Waals surface area contributed by atoms with Gasteiger partial charge in [-0.05, 0) is 76.9 Å². The predicted octanol–water partition coefficient (Wildman–Crippen LogP) is 8.21. The first-order valence-electron chi connectivity index (χ1n) is 11.6. The van der Waals surface area contributed by atoms with Crippen LogP contribution in [0, 0.1) is 23.5 Å². The Hall–Kier alpha value is -3.44. The Morgan fingerprint density at radius 1 is 0.788 bits per heavy atom. The summed E-state index contributed by atoms with van der Waals surface area (Å²) in [6, 6.07) is 25.1. The molecule has 33 heavy (non-hydrogen) atoms. The van der Waals surface area contributed by atoms with Gasteiger partial charge in [0.1, 0.15) is 0 Å². The van der Waals surface area contributed by atoms with Crippen LogP contribution in [0.4, 0.5) is 8.78 Å². The summed E-state index contributed by atoms with van der Waals surface area (Å²) in [4.78, 5) is 0. The van der Waals surface area contributed by atoms with Crippen LogP contribution in [0.25, 0.3) is 10.8 Å². The molecule has 1 unspecified atom stereocenters. The number of rotatable bonds is 6. The summed E-state index contributed by atoms with van der Waals surface area (Å²) in [5.41, 5.74) is 5.53. The molecule has 0 aromatic heterocycles. The summed E-state index contributed by atoms with van der Waals surface area (Å²) in [7, 11) is 0. The number of benzene rings is 4. The molecular weight excluding hydrogens is 410 g/mol. The molecule has 0 nitrogen and oxygen atoms in total. The maximum absolute atomic E-state index is 13.5. The molecule has 0 fully saturated rings. The molecule has 0 aliphatic rings. The maximum Gasteiger partial charge on any atom is 0.160 e. The summed E-state index contributed by atoms with van der Waals surface area (Å²) in [6.45, 7) is 4.56. The van der Waals surface area contributed by atoms with E-state index in [-0.39, 0.29) is 0 Å². The Morgan fingerprint density at radius 2 is 1.64 bits per heavy atom. The molecule has 0 radical (unpaired) electrons. The van der Waals surface area contributed by atoms with Crippen LogP contribution in [0.1, 0.15) is 60.4 Å². The van der Waals surface area contributed by atoms with Crippen LogP contribution >= 0.6 is 0 Å². The smallest absolute Gasteiger partial charge is 0.160 e. The van der Waals surface area contributed by atoms with Crippen molar-refractivity contribution in [2.45, 2.75) is 45.4 Å². The van der Waals surface area contributed by atoms with Crippen LogP contribution in [0.3, 0.4) is 0 Å². The molecule has 0 saturated carbocycles. The lowest BCUT2D eigenvalue weighted by Crippen LogP contribution is -2.01. The quantitative estimate of drug-likeness (QED) is 0.266. The Morgan fingerprint density at radius 3 is 2.45 bits per heavy atom. The van der Waals surface area contributed by atoms with E-state index in [2.05, 4.69) is 74.2 Å². The van der Waals surface area contributed by atoms with E-state index in [4.69, 9.17) is 0 Å². The van der Waals surface area contributed by atoms with Gasteiger partial charge in [0, 0.05) is 11.1 Å². The number of hydrogen-bond acceptors (Lipinski definition) is 0. The van der Waals surface area contributed by atoms with Gasteiger partial charge in [0.15, 0.2) is 11.6 Å². The number of halogens is 2. The van der Waals surface area contributed by atoms with Crippen LogP contribution in [0.5, 0.6) is 0 Å². The average Bonchev–Trinajstić information content (AvgIpc) is 2.83. The summed E-state index contributed by atoms with van der Waals surface area (Å²) < 4.78 is 26.6. The van der Waals surface area contributed by atoms with Gasteiger partial charge in [0.2, 0.25) is 0 Å². The fourth-order valence-electron chi connectivity index (χ4n) is 4.42. The van der Waals surface area contributed by atoms with Crippen molar-refractivity contribution >= 4 is 10.8 Å². The molecule has 4 rings (SSSR count). The highest BCUT2D eigenvalue weighted by molar-refractivity contribution is 5.88. The Bertz CT molecular complexity index is 1320. The summed E-state index contributed by atoms with van der Waals surface area (Å²) >= 11 is 0. The SMILES string of the molecule is CCCC(C)c1ccccc1CCc1ccc2c(C#Cc3ccc(F)c(F)c3)cccc2c1. The fourth-order valence-corrected chi connectivity index (χ4v) is 4.42. The maximum atomic E-state index is 13.5. The first kappa shape index (κ1) is 22.7. The molecule has 2 heteroatoms. The average molecular weight is 439 g/mol. The van der Waals surface area contributed by atoms with E-state index in [1.807, 2.05) is 12.1 Å². The summed E-state index contributed by atoms with van der Waals surface area (Å²) in [5, 5.41) is 2.20. The van der Waals surface area contributed by atoms with Gasteiger partial charge in [-0.1, -0.05) is 86.7 Å².